The number of aromatic nitrogens is 2. The van der Waals surface area contributed by atoms with Gasteiger partial charge in [-0.2, -0.15) is 0 Å². The van der Waals surface area contributed by atoms with Gasteiger partial charge < -0.3 is 4.98 Å². The molecule has 0 unspecified atom stereocenters. The number of rotatable bonds is 0. The van der Waals surface area contributed by atoms with Crippen LogP contribution in [0.4, 0.5) is 0 Å². The lowest BCUT2D eigenvalue weighted by Crippen LogP contribution is -2.11. The number of nitrogens with zero attached hydrogens (tertiary/aromatic N) is 1. The summed E-state index contributed by atoms with van der Waals surface area (Å²) < 4.78 is 0. The van der Waals surface area contributed by atoms with Crippen LogP contribution >= 0.6 is 0 Å². The van der Waals surface area contributed by atoms with Crippen LogP contribution < -0.4 is 5.69 Å². The molecule has 1 aromatic heterocycles. The van der Waals surface area contributed by atoms with Gasteiger partial charge in [0.2, 0.25) is 0 Å². The van der Waals surface area contributed by atoms with Crippen LogP contribution in [0.25, 0.3) is 0 Å². The smallest absolute Gasteiger partial charge is 0.310 e. The predicted molar refractivity (Wildman–Crippen MR) is 45.7 cm³/mol. The molecule has 11 heavy (non-hydrogen) atoms. The standard InChI is InChI=1S/C6H8N2O.C2H6/c1-4-3-7-6(9)8-5(4)2;1-2/h3H,1-2H3,(H,7,8,9);1-2H3. The van der Waals surface area contributed by atoms with Gasteiger partial charge in [-0.15, -0.1) is 0 Å². The fourth-order valence-electron chi connectivity index (χ4n) is 0.544. The van der Waals surface area contributed by atoms with Crippen LogP contribution in [0, 0.1) is 13.8 Å². The molecule has 0 amide bonds. The van der Waals surface area contributed by atoms with Crippen molar-refractivity contribution in [3.63, 3.8) is 0 Å². The molecule has 3 heteroatoms. The molecule has 0 atom stereocenters. The second kappa shape index (κ2) is 4.66. The minimum absolute atomic E-state index is 0.280. The van der Waals surface area contributed by atoms with Crippen molar-refractivity contribution >= 4 is 0 Å². The van der Waals surface area contributed by atoms with Crippen molar-refractivity contribution in [2.75, 3.05) is 0 Å². The first-order chi connectivity index (χ1) is 5.20. The maximum Gasteiger partial charge on any atom is 0.345 e. The molecule has 0 aromatic carbocycles. The molecule has 0 aliphatic heterocycles. The highest BCUT2D eigenvalue weighted by Crippen LogP contribution is 1.93. The molecule has 3 nitrogen and oxygen atoms in total. The van der Waals surface area contributed by atoms with Crippen LogP contribution in [0.5, 0.6) is 0 Å². The van der Waals surface area contributed by atoms with Gasteiger partial charge >= 0.3 is 5.69 Å². The highest BCUT2D eigenvalue weighted by Gasteiger charge is 1.89. The van der Waals surface area contributed by atoms with Crippen molar-refractivity contribution < 1.29 is 0 Å². The van der Waals surface area contributed by atoms with Crippen LogP contribution in [0.15, 0.2) is 11.0 Å². The number of aromatic amines is 1. The first-order valence-electron chi connectivity index (χ1n) is 3.72. The van der Waals surface area contributed by atoms with Crippen LogP contribution in [0.1, 0.15) is 25.1 Å². The molecule has 0 fully saturated rings. The fourth-order valence-corrected chi connectivity index (χ4v) is 0.544. The van der Waals surface area contributed by atoms with E-state index in [4.69, 9.17) is 0 Å². The minimum Gasteiger partial charge on any atom is -0.310 e. The van der Waals surface area contributed by atoms with Crippen molar-refractivity contribution in [2.24, 2.45) is 0 Å². The second-order valence-corrected chi connectivity index (χ2v) is 2.00. The van der Waals surface area contributed by atoms with E-state index in [9.17, 15) is 4.79 Å². The van der Waals surface area contributed by atoms with E-state index in [1.54, 1.807) is 6.20 Å². The molecule has 0 saturated carbocycles. The van der Waals surface area contributed by atoms with Gasteiger partial charge in [0, 0.05) is 11.9 Å². The maximum atomic E-state index is 10.5. The molecular weight excluding hydrogens is 140 g/mol. The van der Waals surface area contributed by atoms with E-state index in [2.05, 4.69) is 9.97 Å². The van der Waals surface area contributed by atoms with Crippen molar-refractivity contribution in [2.45, 2.75) is 27.7 Å². The summed E-state index contributed by atoms with van der Waals surface area (Å²) in [7, 11) is 0. The maximum absolute atomic E-state index is 10.5. The van der Waals surface area contributed by atoms with Crippen molar-refractivity contribution in [1.29, 1.82) is 0 Å². The molecule has 0 bridgehead atoms. The van der Waals surface area contributed by atoms with Gasteiger partial charge in [0.15, 0.2) is 0 Å². The topological polar surface area (TPSA) is 45.8 Å². The molecule has 62 valence electrons. The normalized spacial score (nSPS) is 8.36. The first-order valence-corrected chi connectivity index (χ1v) is 3.72. The Balaban J connectivity index is 0.000000461. The molecule has 1 aromatic rings. The zero-order valence-corrected chi connectivity index (χ0v) is 7.43. The van der Waals surface area contributed by atoms with Gasteiger partial charge in [-0.05, 0) is 19.4 Å². The van der Waals surface area contributed by atoms with Crippen LogP contribution in [-0.4, -0.2) is 9.97 Å². The Kier molecular flexibility index (Phi) is 4.18. The Morgan fingerprint density at radius 3 is 2.27 bits per heavy atom. The summed E-state index contributed by atoms with van der Waals surface area (Å²) in [5.74, 6) is 0. The third-order valence-corrected chi connectivity index (χ3v) is 1.26. The Bertz CT molecular complexity index is 265. The second-order valence-electron chi connectivity index (χ2n) is 2.00. The summed E-state index contributed by atoms with van der Waals surface area (Å²) in [6.07, 6.45) is 1.56. The Labute approximate surface area is 66.5 Å². The molecule has 1 rings (SSSR count). The SMILES string of the molecule is CC.Cc1cnc(=O)[nH]c1C. The predicted octanol–water partition coefficient (Wildman–Crippen LogP) is 1.41. The van der Waals surface area contributed by atoms with Crippen LogP contribution in [0.2, 0.25) is 0 Å². The summed E-state index contributed by atoms with van der Waals surface area (Å²) in [6.45, 7) is 7.75. The molecular formula is C8H14N2O. The zero-order chi connectivity index (χ0) is 8.85. The molecule has 0 aliphatic carbocycles. The molecule has 0 aliphatic rings. The minimum atomic E-state index is -0.280. The van der Waals surface area contributed by atoms with Gasteiger partial charge in [0.05, 0.1) is 0 Å². The van der Waals surface area contributed by atoms with E-state index in [0.29, 0.717) is 0 Å². The Hall–Kier alpha value is -1.12. The lowest BCUT2D eigenvalue weighted by atomic mass is 10.3. The summed E-state index contributed by atoms with van der Waals surface area (Å²) in [6, 6.07) is 0. The Morgan fingerprint density at radius 2 is 1.91 bits per heavy atom. The molecule has 0 spiro atoms. The number of hydrogen-bond donors (Lipinski definition) is 1. The summed E-state index contributed by atoms with van der Waals surface area (Å²) in [5, 5.41) is 0. The highest BCUT2D eigenvalue weighted by atomic mass is 16.1. The summed E-state index contributed by atoms with van der Waals surface area (Å²) >= 11 is 0. The average molecular weight is 154 g/mol. The van der Waals surface area contributed by atoms with Crippen molar-refractivity contribution in [1.82, 2.24) is 9.97 Å². The number of H-pyrrole nitrogens is 1. The highest BCUT2D eigenvalue weighted by molar-refractivity contribution is 5.10. The van der Waals surface area contributed by atoms with E-state index in [1.807, 2.05) is 27.7 Å². The molecule has 1 heterocycles. The van der Waals surface area contributed by atoms with Crippen LogP contribution in [0.3, 0.4) is 0 Å². The van der Waals surface area contributed by atoms with E-state index in [-0.39, 0.29) is 5.69 Å². The average Bonchev–Trinajstić information content (AvgIpc) is 2.02. The number of nitrogens with one attached hydrogen (secondary N) is 1. The van der Waals surface area contributed by atoms with Crippen molar-refractivity contribution in [3.8, 4) is 0 Å². The lowest BCUT2D eigenvalue weighted by Gasteiger charge is -1.93. The van der Waals surface area contributed by atoms with E-state index in [0.717, 1.165) is 11.3 Å². The molecule has 0 saturated heterocycles. The van der Waals surface area contributed by atoms with Gasteiger partial charge in [-0.1, -0.05) is 13.8 Å². The van der Waals surface area contributed by atoms with E-state index in [1.165, 1.54) is 0 Å². The third-order valence-electron chi connectivity index (χ3n) is 1.26. The monoisotopic (exact) mass is 154 g/mol. The third kappa shape index (κ3) is 2.98. The summed E-state index contributed by atoms with van der Waals surface area (Å²) in [4.78, 5) is 16.6. The molecule has 0 radical (unpaired) electrons. The largest absolute Gasteiger partial charge is 0.345 e. The van der Waals surface area contributed by atoms with E-state index < -0.39 is 0 Å². The van der Waals surface area contributed by atoms with E-state index >= 15 is 0 Å². The fraction of sp³-hybridized carbons (Fsp3) is 0.500. The summed E-state index contributed by atoms with van der Waals surface area (Å²) in [5.41, 5.74) is 1.61. The number of aryl methyl sites for hydroxylation is 2. The van der Waals surface area contributed by atoms with Gasteiger partial charge in [-0.25, -0.2) is 9.78 Å². The first kappa shape index (κ1) is 9.88. The lowest BCUT2D eigenvalue weighted by molar-refractivity contribution is 0.998. The van der Waals surface area contributed by atoms with Gasteiger partial charge in [-0.3, -0.25) is 0 Å². The van der Waals surface area contributed by atoms with Gasteiger partial charge in [0.25, 0.3) is 0 Å². The number of hydrogen-bond acceptors (Lipinski definition) is 2. The quantitative estimate of drug-likeness (QED) is 0.614. The van der Waals surface area contributed by atoms with Gasteiger partial charge in [0.1, 0.15) is 0 Å². The van der Waals surface area contributed by atoms with Crippen molar-refractivity contribution in [3.05, 3.63) is 27.9 Å². The molecule has 1 N–H and O–H groups in total. The zero-order valence-electron chi connectivity index (χ0n) is 7.43. The van der Waals surface area contributed by atoms with Crippen LogP contribution in [-0.2, 0) is 0 Å². The Morgan fingerprint density at radius 1 is 1.36 bits per heavy atom.